The first kappa shape index (κ1) is 28.1. The molecule has 5 rings (SSSR count). The minimum Gasteiger partial charge on any atom is -0.354 e. The van der Waals surface area contributed by atoms with Gasteiger partial charge in [0.05, 0.1) is 0 Å². The van der Waals surface area contributed by atoms with Crippen molar-refractivity contribution in [3.63, 3.8) is 0 Å². The minimum atomic E-state index is 0.0230. The van der Waals surface area contributed by atoms with Gasteiger partial charge >= 0.3 is 0 Å². The van der Waals surface area contributed by atoms with E-state index in [2.05, 4.69) is 53.1 Å². The van der Waals surface area contributed by atoms with Crippen LogP contribution in [-0.2, 0) is 23.5 Å². The van der Waals surface area contributed by atoms with Gasteiger partial charge in [-0.3, -0.25) is 14.5 Å². The van der Waals surface area contributed by atoms with E-state index in [4.69, 9.17) is 9.97 Å². The molecule has 40 heavy (non-hydrogen) atoms. The van der Waals surface area contributed by atoms with Gasteiger partial charge in [0.15, 0.2) is 5.16 Å². The molecule has 0 N–H and O–H groups in total. The Balaban J connectivity index is 1.15. The first-order chi connectivity index (χ1) is 19.5. The van der Waals surface area contributed by atoms with Gasteiger partial charge in [0, 0.05) is 88.9 Å². The third-order valence-electron chi connectivity index (χ3n) is 7.63. The Morgan fingerprint density at radius 1 is 0.800 bits per heavy atom. The first-order valence-electron chi connectivity index (χ1n) is 14.1. The van der Waals surface area contributed by atoms with Gasteiger partial charge in [0.25, 0.3) is 5.91 Å². The predicted octanol–water partition coefficient (Wildman–Crippen LogP) is 3.96. The summed E-state index contributed by atoms with van der Waals surface area (Å²) in [7, 11) is 0. The van der Waals surface area contributed by atoms with E-state index in [9.17, 15) is 9.59 Å². The molecule has 3 aromatic rings. The summed E-state index contributed by atoms with van der Waals surface area (Å²) in [4.78, 5) is 42.7. The highest BCUT2D eigenvalue weighted by molar-refractivity contribution is 7.98. The Morgan fingerprint density at radius 2 is 1.48 bits per heavy atom. The monoisotopic (exact) mass is 558 g/mol. The summed E-state index contributed by atoms with van der Waals surface area (Å²) in [6.45, 7) is 11.0. The van der Waals surface area contributed by atoms with Crippen molar-refractivity contribution in [1.29, 1.82) is 0 Å². The molecule has 0 atom stereocenters. The highest BCUT2D eigenvalue weighted by Gasteiger charge is 2.23. The molecular formula is C31H38N6O2S. The highest BCUT2D eigenvalue weighted by Crippen LogP contribution is 2.25. The summed E-state index contributed by atoms with van der Waals surface area (Å²) >= 11 is 1.64. The largest absolute Gasteiger partial charge is 0.354 e. The van der Waals surface area contributed by atoms with Crippen LogP contribution in [0, 0.1) is 0 Å². The third kappa shape index (κ3) is 7.20. The Labute approximate surface area is 241 Å². The van der Waals surface area contributed by atoms with Gasteiger partial charge in [-0.25, -0.2) is 9.97 Å². The summed E-state index contributed by atoms with van der Waals surface area (Å²) in [6, 6.07) is 20.6. The van der Waals surface area contributed by atoms with Gasteiger partial charge in [-0.15, -0.1) is 0 Å². The Bertz CT molecular complexity index is 1290. The fraction of sp³-hybridized carbons (Fsp3) is 0.419. The number of nitrogens with zero attached hydrogens (tertiary/aromatic N) is 6. The SMILES string of the molecule is CCc1cc(N2CCN(Cc3ccccc3)CC2)nc(SCc2ccc(C(=O)N3CCN(C(C)=O)CC3)cc2)n1. The number of aryl methyl sites for hydroxylation is 1. The predicted molar refractivity (Wildman–Crippen MR) is 160 cm³/mol. The van der Waals surface area contributed by atoms with Gasteiger partial charge in [-0.05, 0) is 29.7 Å². The quantitative estimate of drug-likeness (QED) is 0.306. The first-order valence-corrected chi connectivity index (χ1v) is 15.1. The third-order valence-corrected chi connectivity index (χ3v) is 8.55. The normalized spacial score (nSPS) is 16.3. The molecule has 2 saturated heterocycles. The molecule has 2 amide bonds. The number of anilines is 1. The van der Waals surface area contributed by atoms with Crippen LogP contribution in [0.3, 0.4) is 0 Å². The average molecular weight is 559 g/mol. The van der Waals surface area contributed by atoms with Crippen LogP contribution in [0.1, 0.15) is 41.0 Å². The second kappa shape index (κ2) is 13.3. The minimum absolute atomic E-state index is 0.0230. The molecule has 0 spiro atoms. The molecular weight excluding hydrogens is 520 g/mol. The van der Waals surface area contributed by atoms with E-state index >= 15 is 0 Å². The van der Waals surface area contributed by atoms with Crippen molar-refractivity contribution in [3.8, 4) is 0 Å². The van der Waals surface area contributed by atoms with Crippen LogP contribution >= 0.6 is 11.8 Å². The van der Waals surface area contributed by atoms with E-state index in [1.165, 1.54) is 5.56 Å². The molecule has 9 heteroatoms. The van der Waals surface area contributed by atoms with Crippen LogP contribution in [0.25, 0.3) is 0 Å². The van der Waals surface area contributed by atoms with Crippen molar-refractivity contribution in [3.05, 3.63) is 83.0 Å². The van der Waals surface area contributed by atoms with Crippen LogP contribution in [0.2, 0.25) is 0 Å². The van der Waals surface area contributed by atoms with E-state index in [0.717, 1.165) is 67.1 Å². The number of benzene rings is 2. The fourth-order valence-corrected chi connectivity index (χ4v) is 5.97. The number of carbonyl (C=O) groups is 2. The summed E-state index contributed by atoms with van der Waals surface area (Å²) in [5.41, 5.74) is 4.23. The van der Waals surface area contributed by atoms with E-state index in [1.807, 2.05) is 29.2 Å². The number of hydrogen-bond donors (Lipinski definition) is 0. The zero-order valence-electron chi connectivity index (χ0n) is 23.5. The molecule has 0 unspecified atom stereocenters. The van der Waals surface area contributed by atoms with Crippen LogP contribution in [0.5, 0.6) is 0 Å². The van der Waals surface area contributed by atoms with Gasteiger partial charge in [0.2, 0.25) is 5.91 Å². The van der Waals surface area contributed by atoms with Crippen LogP contribution in [0.4, 0.5) is 5.82 Å². The second-order valence-electron chi connectivity index (χ2n) is 10.4. The fourth-order valence-electron chi connectivity index (χ4n) is 5.14. The lowest BCUT2D eigenvalue weighted by Crippen LogP contribution is -2.50. The highest BCUT2D eigenvalue weighted by atomic mass is 32.2. The van der Waals surface area contributed by atoms with E-state index < -0.39 is 0 Å². The van der Waals surface area contributed by atoms with Crippen molar-refractivity contribution in [2.24, 2.45) is 0 Å². The lowest BCUT2D eigenvalue weighted by Gasteiger charge is -2.35. The van der Waals surface area contributed by atoms with Crippen molar-refractivity contribution in [2.75, 3.05) is 57.3 Å². The maximum Gasteiger partial charge on any atom is 0.253 e. The molecule has 2 aliphatic rings. The molecule has 8 nitrogen and oxygen atoms in total. The smallest absolute Gasteiger partial charge is 0.253 e. The van der Waals surface area contributed by atoms with Crippen molar-refractivity contribution in [1.82, 2.24) is 24.7 Å². The van der Waals surface area contributed by atoms with Crippen LogP contribution in [-0.4, -0.2) is 88.8 Å². The molecule has 210 valence electrons. The van der Waals surface area contributed by atoms with Crippen molar-refractivity contribution >= 4 is 29.4 Å². The van der Waals surface area contributed by atoms with E-state index in [0.29, 0.717) is 31.7 Å². The number of thioether (sulfide) groups is 1. The zero-order valence-corrected chi connectivity index (χ0v) is 24.3. The van der Waals surface area contributed by atoms with E-state index in [-0.39, 0.29) is 11.8 Å². The van der Waals surface area contributed by atoms with Crippen molar-refractivity contribution in [2.45, 2.75) is 37.7 Å². The number of piperazine rings is 2. The molecule has 0 saturated carbocycles. The second-order valence-corrected chi connectivity index (χ2v) is 11.3. The topological polar surface area (TPSA) is 72.9 Å². The molecule has 2 aliphatic heterocycles. The number of carbonyl (C=O) groups excluding carboxylic acids is 2. The molecule has 3 heterocycles. The Hall–Kier alpha value is -3.43. The summed E-state index contributed by atoms with van der Waals surface area (Å²) in [5.74, 6) is 1.84. The molecule has 1 aromatic heterocycles. The van der Waals surface area contributed by atoms with Crippen LogP contribution in [0.15, 0.2) is 65.8 Å². The molecule has 0 aliphatic carbocycles. The molecule has 2 fully saturated rings. The Morgan fingerprint density at radius 3 is 2.12 bits per heavy atom. The molecule has 0 radical (unpaired) electrons. The average Bonchev–Trinajstić information content (AvgIpc) is 3.00. The van der Waals surface area contributed by atoms with Gasteiger partial charge in [0.1, 0.15) is 5.82 Å². The number of hydrogen-bond acceptors (Lipinski definition) is 7. The number of rotatable bonds is 8. The lowest BCUT2D eigenvalue weighted by molar-refractivity contribution is -0.130. The standard InChI is InChI=1S/C31H38N6O2S/c1-3-28-21-29(36-15-13-34(14-16-36)22-25-7-5-4-6-8-25)33-31(32-28)40-23-26-9-11-27(12-10-26)30(39)37-19-17-35(18-20-37)24(2)38/h4-12,21H,3,13-20,22-23H2,1-2H3. The maximum atomic E-state index is 12.9. The van der Waals surface area contributed by atoms with Crippen molar-refractivity contribution < 1.29 is 9.59 Å². The summed E-state index contributed by atoms with van der Waals surface area (Å²) < 4.78 is 0. The van der Waals surface area contributed by atoms with Crippen LogP contribution < -0.4 is 4.90 Å². The molecule has 2 aromatic carbocycles. The lowest BCUT2D eigenvalue weighted by atomic mass is 10.1. The van der Waals surface area contributed by atoms with E-state index in [1.54, 1.807) is 23.6 Å². The molecule has 0 bridgehead atoms. The summed E-state index contributed by atoms with van der Waals surface area (Å²) in [5, 5.41) is 0.796. The van der Waals surface area contributed by atoms with Gasteiger partial charge < -0.3 is 14.7 Å². The van der Waals surface area contributed by atoms with Gasteiger partial charge in [-0.1, -0.05) is 61.2 Å². The summed E-state index contributed by atoms with van der Waals surface area (Å²) in [6.07, 6.45) is 0.870. The Kier molecular flexibility index (Phi) is 9.34. The maximum absolute atomic E-state index is 12.9. The zero-order chi connectivity index (χ0) is 27.9. The van der Waals surface area contributed by atoms with Gasteiger partial charge in [-0.2, -0.15) is 0 Å². The number of amides is 2. The number of aromatic nitrogens is 2.